The number of nitrogen functional groups attached to an aromatic ring is 1. The summed E-state index contributed by atoms with van der Waals surface area (Å²) in [6, 6.07) is 31.4. The van der Waals surface area contributed by atoms with E-state index in [0.29, 0.717) is 43.6 Å². The maximum absolute atomic E-state index is 12.7. The Hall–Kier alpha value is -4.58. The number of hydrogen-bond donors (Lipinski definition) is 4. The van der Waals surface area contributed by atoms with Crippen molar-refractivity contribution in [3.63, 3.8) is 0 Å². The second-order valence-electron chi connectivity index (χ2n) is 13.2. The van der Waals surface area contributed by atoms with E-state index in [1.807, 2.05) is 54.6 Å². The summed E-state index contributed by atoms with van der Waals surface area (Å²) in [5.74, 6) is -0.164. The van der Waals surface area contributed by atoms with Crippen LogP contribution in [0.25, 0.3) is 11.1 Å². The lowest BCUT2D eigenvalue weighted by Gasteiger charge is -2.39. The molecule has 2 amide bonds. The van der Waals surface area contributed by atoms with Gasteiger partial charge in [0.15, 0.2) is 6.29 Å². The topological polar surface area (TPSA) is 135 Å². The fourth-order valence-corrected chi connectivity index (χ4v) is 6.56. The quantitative estimate of drug-likeness (QED) is 0.0918. The smallest absolute Gasteiger partial charge is 0.224 e. The molecule has 10 nitrogen and oxygen atoms in total. The first-order valence-corrected chi connectivity index (χ1v) is 17.8. The standard InChI is InChI=1S/C41H48N4O6/c42-36-9-3-4-10-37(36)44-40(48)12-6-5-11-39(47)43-26-33-7-1-2-8-35(33)30-17-19-32(20-18-30)41-50-34(27-45-21-23-49-24-22-45)25-38(51-41)31-15-13-29(28-46)14-16-31/h1-4,7-10,13-20,34,38,41,46H,5-6,11-12,21-28,42H2,(H,43,47)(H,44,48)/t34-,38+,41+/m0/s1. The lowest BCUT2D eigenvalue weighted by molar-refractivity contribution is -0.253. The molecule has 0 spiro atoms. The Labute approximate surface area is 299 Å². The predicted octanol–water partition coefficient (Wildman–Crippen LogP) is 6.12. The molecule has 3 atom stereocenters. The monoisotopic (exact) mass is 692 g/mol. The molecule has 0 saturated carbocycles. The van der Waals surface area contributed by atoms with Gasteiger partial charge in [0.1, 0.15) is 0 Å². The maximum atomic E-state index is 12.7. The molecule has 268 valence electrons. The first-order chi connectivity index (χ1) is 24.9. The van der Waals surface area contributed by atoms with E-state index in [2.05, 4.69) is 45.9 Å². The van der Waals surface area contributed by atoms with Crippen LogP contribution in [0.1, 0.15) is 66.8 Å². The molecule has 2 saturated heterocycles. The zero-order valence-electron chi connectivity index (χ0n) is 29.0. The normalized spacial score (nSPS) is 19.4. The van der Waals surface area contributed by atoms with Crippen molar-refractivity contribution in [2.75, 3.05) is 43.9 Å². The first kappa shape index (κ1) is 36.2. The predicted molar refractivity (Wildman–Crippen MR) is 197 cm³/mol. The Balaban J connectivity index is 1.04. The molecule has 0 radical (unpaired) electrons. The number of nitrogens with zero attached hydrogens (tertiary/aromatic N) is 1. The average molecular weight is 693 g/mol. The number of anilines is 2. The van der Waals surface area contributed by atoms with Crippen LogP contribution in [0.2, 0.25) is 0 Å². The van der Waals surface area contributed by atoms with Gasteiger partial charge in [-0.1, -0.05) is 84.9 Å². The van der Waals surface area contributed by atoms with Crippen molar-refractivity contribution in [3.8, 4) is 11.1 Å². The summed E-state index contributed by atoms with van der Waals surface area (Å²) in [6.07, 6.45) is 1.94. The first-order valence-electron chi connectivity index (χ1n) is 17.8. The maximum Gasteiger partial charge on any atom is 0.224 e. The van der Waals surface area contributed by atoms with Gasteiger partial charge in [-0.15, -0.1) is 0 Å². The average Bonchev–Trinajstić information content (AvgIpc) is 3.17. The van der Waals surface area contributed by atoms with Crippen LogP contribution in [-0.4, -0.2) is 60.8 Å². The summed E-state index contributed by atoms with van der Waals surface area (Å²) in [7, 11) is 0. The number of nitrogens with one attached hydrogen (secondary N) is 2. The molecule has 51 heavy (non-hydrogen) atoms. The fraction of sp³-hybridized carbons (Fsp3) is 0.366. The Morgan fingerprint density at radius 3 is 2.24 bits per heavy atom. The summed E-state index contributed by atoms with van der Waals surface area (Å²) in [6.45, 7) is 4.46. The highest BCUT2D eigenvalue weighted by atomic mass is 16.7. The van der Waals surface area contributed by atoms with Crippen LogP contribution in [0.4, 0.5) is 11.4 Å². The molecule has 2 heterocycles. The molecule has 4 aromatic rings. The zero-order valence-corrected chi connectivity index (χ0v) is 29.0. The Morgan fingerprint density at radius 2 is 1.49 bits per heavy atom. The number of benzene rings is 4. The Bertz CT molecular complexity index is 1730. The van der Waals surface area contributed by atoms with Crippen LogP contribution in [-0.2, 0) is 37.0 Å². The molecule has 2 aliphatic heterocycles. The number of aliphatic hydroxyl groups is 1. The highest BCUT2D eigenvalue weighted by Gasteiger charge is 2.33. The van der Waals surface area contributed by atoms with Gasteiger partial charge in [-0.05, 0) is 52.8 Å². The fourth-order valence-electron chi connectivity index (χ4n) is 6.56. The van der Waals surface area contributed by atoms with Gasteiger partial charge in [0.05, 0.1) is 43.4 Å². The van der Waals surface area contributed by atoms with Gasteiger partial charge in [0.2, 0.25) is 11.8 Å². The number of para-hydroxylation sites is 2. The molecule has 2 fully saturated rings. The van der Waals surface area contributed by atoms with Crippen LogP contribution >= 0.6 is 0 Å². The minimum Gasteiger partial charge on any atom is -0.397 e. The molecular weight excluding hydrogens is 644 g/mol. The van der Waals surface area contributed by atoms with Crippen LogP contribution in [0.15, 0.2) is 97.1 Å². The van der Waals surface area contributed by atoms with E-state index in [9.17, 15) is 14.7 Å². The number of nitrogens with two attached hydrogens (primary N) is 1. The summed E-state index contributed by atoms with van der Waals surface area (Å²) in [4.78, 5) is 27.4. The minimum atomic E-state index is -0.529. The van der Waals surface area contributed by atoms with E-state index >= 15 is 0 Å². The van der Waals surface area contributed by atoms with Crippen LogP contribution < -0.4 is 16.4 Å². The molecule has 2 aliphatic rings. The van der Waals surface area contributed by atoms with E-state index in [1.54, 1.807) is 12.1 Å². The van der Waals surface area contributed by atoms with Crippen LogP contribution in [0.3, 0.4) is 0 Å². The Morgan fingerprint density at radius 1 is 0.804 bits per heavy atom. The van der Waals surface area contributed by atoms with Crippen molar-refractivity contribution < 1.29 is 28.9 Å². The number of carbonyl (C=O) groups is 2. The number of carbonyl (C=O) groups excluding carboxylic acids is 2. The van der Waals surface area contributed by atoms with Crippen molar-refractivity contribution in [1.82, 2.24) is 10.2 Å². The van der Waals surface area contributed by atoms with E-state index in [-0.39, 0.29) is 30.6 Å². The number of rotatable bonds is 14. The number of aliphatic hydroxyl groups excluding tert-OH is 1. The minimum absolute atomic E-state index is 0.00698. The number of unbranched alkanes of at least 4 members (excludes halogenated alkanes) is 1. The van der Waals surface area contributed by atoms with Crippen molar-refractivity contribution >= 4 is 23.2 Å². The van der Waals surface area contributed by atoms with Crippen LogP contribution in [0, 0.1) is 0 Å². The lowest BCUT2D eigenvalue weighted by Crippen LogP contribution is -2.44. The molecule has 4 aromatic carbocycles. The highest BCUT2D eigenvalue weighted by molar-refractivity contribution is 5.93. The third-order valence-electron chi connectivity index (χ3n) is 9.46. The molecule has 0 bridgehead atoms. The van der Waals surface area contributed by atoms with Crippen molar-refractivity contribution in [1.29, 1.82) is 0 Å². The van der Waals surface area contributed by atoms with Crippen LogP contribution in [0.5, 0.6) is 0 Å². The largest absolute Gasteiger partial charge is 0.397 e. The second kappa shape index (κ2) is 18.1. The number of ether oxygens (including phenoxy) is 3. The van der Waals surface area contributed by atoms with Crippen molar-refractivity contribution in [2.45, 2.75) is 63.8 Å². The summed E-state index contributed by atoms with van der Waals surface area (Å²) < 4.78 is 18.7. The van der Waals surface area contributed by atoms with Gasteiger partial charge in [-0.25, -0.2) is 0 Å². The van der Waals surface area contributed by atoms with Gasteiger partial charge < -0.3 is 35.7 Å². The molecule has 10 heteroatoms. The molecule has 0 unspecified atom stereocenters. The third-order valence-corrected chi connectivity index (χ3v) is 9.46. The van der Waals surface area contributed by atoms with Gasteiger partial charge in [0.25, 0.3) is 0 Å². The number of morpholine rings is 1. The Kier molecular flexibility index (Phi) is 12.8. The van der Waals surface area contributed by atoms with E-state index < -0.39 is 6.29 Å². The van der Waals surface area contributed by atoms with Gasteiger partial charge in [-0.2, -0.15) is 0 Å². The lowest BCUT2D eigenvalue weighted by atomic mass is 9.97. The van der Waals surface area contributed by atoms with Gasteiger partial charge in [-0.3, -0.25) is 14.5 Å². The van der Waals surface area contributed by atoms with E-state index in [4.69, 9.17) is 19.9 Å². The molecule has 6 rings (SSSR count). The molecule has 5 N–H and O–H groups in total. The second-order valence-corrected chi connectivity index (χ2v) is 13.2. The van der Waals surface area contributed by atoms with E-state index in [0.717, 1.165) is 72.6 Å². The molecular formula is C41H48N4O6. The highest BCUT2D eigenvalue weighted by Crippen LogP contribution is 2.39. The van der Waals surface area contributed by atoms with Crippen molar-refractivity contribution in [3.05, 3.63) is 119 Å². The number of hydrogen-bond acceptors (Lipinski definition) is 8. The molecule has 0 aliphatic carbocycles. The summed E-state index contributed by atoms with van der Waals surface area (Å²) in [5.41, 5.74) is 13.0. The third kappa shape index (κ3) is 10.2. The summed E-state index contributed by atoms with van der Waals surface area (Å²) in [5, 5.41) is 15.4. The van der Waals surface area contributed by atoms with Gasteiger partial charge in [0, 0.05) is 51.0 Å². The zero-order chi connectivity index (χ0) is 35.4. The van der Waals surface area contributed by atoms with Crippen molar-refractivity contribution in [2.24, 2.45) is 0 Å². The number of amides is 2. The van der Waals surface area contributed by atoms with Gasteiger partial charge >= 0.3 is 0 Å². The molecule has 0 aromatic heterocycles. The van der Waals surface area contributed by atoms with E-state index in [1.165, 1.54) is 0 Å². The summed E-state index contributed by atoms with van der Waals surface area (Å²) >= 11 is 0. The SMILES string of the molecule is Nc1ccccc1NC(=O)CCCCC(=O)NCc1ccccc1-c1ccc([C@@H]2O[C@H](CN3CCOCC3)C[C@H](c3ccc(CO)cc3)O2)cc1.